The molecule has 0 saturated heterocycles. The van der Waals surface area contributed by atoms with Crippen molar-refractivity contribution in [1.82, 2.24) is 0 Å². The average Bonchev–Trinajstić information content (AvgIpc) is 2.21. The second-order valence-corrected chi connectivity index (χ2v) is 6.42. The summed E-state index contributed by atoms with van der Waals surface area (Å²) in [7, 11) is 0. The van der Waals surface area contributed by atoms with E-state index in [0.29, 0.717) is 23.7 Å². The van der Waals surface area contributed by atoms with E-state index in [9.17, 15) is 5.11 Å². The van der Waals surface area contributed by atoms with Crippen LogP contribution in [-0.2, 0) is 0 Å². The molecular weight excluding hydrogens is 196 g/mol. The standard InChI is InChI=1S/C15H26O/c1-10(2)13-6-5-12(4)15(16)8-7-11(3)9-14(13)15/h9-10,12-14,16H,5-8H2,1-4H3. The van der Waals surface area contributed by atoms with Gasteiger partial charge in [-0.25, -0.2) is 0 Å². The predicted molar refractivity (Wildman–Crippen MR) is 68.2 cm³/mol. The van der Waals surface area contributed by atoms with Crippen LogP contribution in [0.3, 0.4) is 0 Å². The highest BCUT2D eigenvalue weighted by Crippen LogP contribution is 2.50. The molecule has 0 aromatic heterocycles. The van der Waals surface area contributed by atoms with Gasteiger partial charge in [0.2, 0.25) is 0 Å². The molecule has 1 nitrogen and oxygen atoms in total. The Hall–Kier alpha value is -0.300. The monoisotopic (exact) mass is 222 g/mol. The third kappa shape index (κ3) is 1.84. The minimum atomic E-state index is -0.410. The minimum absolute atomic E-state index is 0.407. The fourth-order valence-corrected chi connectivity index (χ4v) is 3.79. The molecule has 0 aliphatic heterocycles. The maximum Gasteiger partial charge on any atom is 0.0741 e. The van der Waals surface area contributed by atoms with Crippen LogP contribution in [0.2, 0.25) is 0 Å². The summed E-state index contributed by atoms with van der Waals surface area (Å²) >= 11 is 0. The van der Waals surface area contributed by atoms with Crippen molar-refractivity contribution in [3.05, 3.63) is 11.6 Å². The van der Waals surface area contributed by atoms with Crippen LogP contribution in [0.15, 0.2) is 11.6 Å². The average molecular weight is 222 g/mol. The molecular formula is C15H26O. The molecule has 4 atom stereocenters. The summed E-state index contributed by atoms with van der Waals surface area (Å²) in [5.41, 5.74) is 1.07. The molecule has 2 aliphatic carbocycles. The van der Waals surface area contributed by atoms with Gasteiger partial charge in [0.1, 0.15) is 0 Å². The number of aliphatic hydroxyl groups is 1. The summed E-state index contributed by atoms with van der Waals surface area (Å²) in [4.78, 5) is 0. The van der Waals surface area contributed by atoms with E-state index in [1.165, 1.54) is 18.4 Å². The van der Waals surface area contributed by atoms with E-state index >= 15 is 0 Å². The molecule has 0 heterocycles. The Balaban J connectivity index is 2.32. The summed E-state index contributed by atoms with van der Waals surface area (Å²) in [5, 5.41) is 11.0. The van der Waals surface area contributed by atoms with Crippen molar-refractivity contribution in [2.45, 2.75) is 59.0 Å². The first-order valence-electron chi connectivity index (χ1n) is 6.85. The van der Waals surface area contributed by atoms with Gasteiger partial charge in [0, 0.05) is 5.92 Å². The first kappa shape index (κ1) is 12.2. The Kier molecular flexibility index (Phi) is 3.18. The van der Waals surface area contributed by atoms with Gasteiger partial charge in [-0.2, -0.15) is 0 Å². The molecule has 0 spiro atoms. The lowest BCUT2D eigenvalue weighted by atomic mass is 9.57. The van der Waals surface area contributed by atoms with Crippen molar-refractivity contribution in [2.24, 2.45) is 23.7 Å². The zero-order valence-corrected chi connectivity index (χ0v) is 11.2. The number of hydrogen-bond acceptors (Lipinski definition) is 1. The van der Waals surface area contributed by atoms with Crippen molar-refractivity contribution in [2.75, 3.05) is 0 Å². The molecule has 0 radical (unpaired) electrons. The van der Waals surface area contributed by atoms with Crippen molar-refractivity contribution in [3.8, 4) is 0 Å². The van der Waals surface area contributed by atoms with Gasteiger partial charge in [-0.3, -0.25) is 0 Å². The van der Waals surface area contributed by atoms with E-state index in [0.717, 1.165) is 12.8 Å². The topological polar surface area (TPSA) is 20.2 Å². The van der Waals surface area contributed by atoms with E-state index in [1.807, 2.05) is 0 Å². The van der Waals surface area contributed by atoms with E-state index < -0.39 is 5.60 Å². The number of allylic oxidation sites excluding steroid dienone is 1. The summed E-state index contributed by atoms with van der Waals surface area (Å²) in [5.74, 6) is 2.24. The maximum atomic E-state index is 11.0. The summed E-state index contributed by atoms with van der Waals surface area (Å²) in [6, 6.07) is 0. The summed E-state index contributed by atoms with van der Waals surface area (Å²) in [6.07, 6.45) is 6.93. The van der Waals surface area contributed by atoms with Crippen molar-refractivity contribution in [3.63, 3.8) is 0 Å². The van der Waals surface area contributed by atoms with Crippen molar-refractivity contribution < 1.29 is 5.11 Å². The van der Waals surface area contributed by atoms with Crippen LogP contribution in [-0.4, -0.2) is 10.7 Å². The van der Waals surface area contributed by atoms with E-state index in [2.05, 4.69) is 33.8 Å². The SMILES string of the molecule is CC1=CC2C(C(C)C)CCC(C)C2(O)CC1. The van der Waals surface area contributed by atoms with E-state index in [4.69, 9.17) is 0 Å². The molecule has 0 amide bonds. The first-order chi connectivity index (χ1) is 7.45. The molecule has 0 bridgehead atoms. The molecule has 4 unspecified atom stereocenters. The zero-order chi connectivity index (χ0) is 11.9. The molecule has 16 heavy (non-hydrogen) atoms. The normalized spacial score (nSPS) is 44.1. The highest BCUT2D eigenvalue weighted by molar-refractivity contribution is 5.17. The highest BCUT2D eigenvalue weighted by Gasteiger charge is 2.49. The van der Waals surface area contributed by atoms with Crippen LogP contribution < -0.4 is 0 Å². The van der Waals surface area contributed by atoms with Gasteiger partial charge in [-0.15, -0.1) is 0 Å². The fourth-order valence-electron chi connectivity index (χ4n) is 3.79. The highest BCUT2D eigenvalue weighted by atomic mass is 16.3. The number of hydrogen-bond donors (Lipinski definition) is 1. The smallest absolute Gasteiger partial charge is 0.0741 e. The number of fused-ring (bicyclic) bond motifs is 1. The molecule has 1 saturated carbocycles. The Bertz CT molecular complexity index is 292. The quantitative estimate of drug-likeness (QED) is 0.669. The fraction of sp³-hybridized carbons (Fsp3) is 0.867. The lowest BCUT2D eigenvalue weighted by Gasteiger charge is -2.51. The van der Waals surface area contributed by atoms with E-state index in [-0.39, 0.29) is 0 Å². The Morgan fingerprint density at radius 3 is 2.69 bits per heavy atom. The van der Waals surface area contributed by atoms with Gasteiger partial charge in [0.25, 0.3) is 0 Å². The van der Waals surface area contributed by atoms with Crippen LogP contribution in [0.4, 0.5) is 0 Å². The predicted octanol–water partition coefficient (Wildman–Crippen LogP) is 3.78. The van der Waals surface area contributed by atoms with Crippen LogP contribution in [0, 0.1) is 23.7 Å². The van der Waals surface area contributed by atoms with Crippen LogP contribution in [0.1, 0.15) is 53.4 Å². The van der Waals surface area contributed by atoms with Crippen LogP contribution in [0.25, 0.3) is 0 Å². The Morgan fingerprint density at radius 2 is 2.06 bits per heavy atom. The molecule has 92 valence electrons. The van der Waals surface area contributed by atoms with Crippen LogP contribution >= 0.6 is 0 Å². The Morgan fingerprint density at radius 1 is 1.38 bits per heavy atom. The molecule has 2 rings (SSSR count). The Labute approximate surface area is 99.9 Å². The van der Waals surface area contributed by atoms with Gasteiger partial charge in [-0.05, 0) is 50.4 Å². The maximum absolute atomic E-state index is 11.0. The van der Waals surface area contributed by atoms with Gasteiger partial charge >= 0.3 is 0 Å². The summed E-state index contributed by atoms with van der Waals surface area (Å²) in [6.45, 7) is 9.06. The lowest BCUT2D eigenvalue weighted by Crippen LogP contribution is -2.52. The molecule has 2 aliphatic rings. The van der Waals surface area contributed by atoms with E-state index in [1.54, 1.807) is 0 Å². The van der Waals surface area contributed by atoms with Crippen molar-refractivity contribution >= 4 is 0 Å². The number of rotatable bonds is 1. The minimum Gasteiger partial charge on any atom is -0.389 e. The van der Waals surface area contributed by atoms with Gasteiger partial charge in [0.05, 0.1) is 5.60 Å². The molecule has 0 aromatic carbocycles. The molecule has 1 N–H and O–H groups in total. The van der Waals surface area contributed by atoms with Crippen molar-refractivity contribution in [1.29, 1.82) is 0 Å². The second kappa shape index (κ2) is 4.18. The molecule has 0 aromatic rings. The van der Waals surface area contributed by atoms with Gasteiger partial charge < -0.3 is 5.11 Å². The third-order valence-electron chi connectivity index (χ3n) is 5.07. The summed E-state index contributed by atoms with van der Waals surface area (Å²) < 4.78 is 0. The second-order valence-electron chi connectivity index (χ2n) is 6.42. The lowest BCUT2D eigenvalue weighted by molar-refractivity contribution is -0.111. The van der Waals surface area contributed by atoms with Gasteiger partial charge in [0.15, 0.2) is 0 Å². The third-order valence-corrected chi connectivity index (χ3v) is 5.07. The molecule has 1 fully saturated rings. The molecule has 1 heteroatoms. The largest absolute Gasteiger partial charge is 0.389 e. The zero-order valence-electron chi connectivity index (χ0n) is 11.2. The first-order valence-corrected chi connectivity index (χ1v) is 6.85. The van der Waals surface area contributed by atoms with Crippen LogP contribution in [0.5, 0.6) is 0 Å². The van der Waals surface area contributed by atoms with Gasteiger partial charge in [-0.1, -0.05) is 32.4 Å².